The summed E-state index contributed by atoms with van der Waals surface area (Å²) in [5, 5.41) is 2.93. The molecule has 0 bridgehead atoms. The molecule has 1 atom stereocenters. The van der Waals surface area contributed by atoms with Gasteiger partial charge in [-0.15, -0.1) is 0 Å². The second-order valence-electron chi connectivity index (χ2n) is 3.03. The van der Waals surface area contributed by atoms with Gasteiger partial charge in [0, 0.05) is 6.04 Å². The third-order valence-corrected chi connectivity index (χ3v) is 2.17. The van der Waals surface area contributed by atoms with Gasteiger partial charge in [-0.2, -0.15) is 4.39 Å². The van der Waals surface area contributed by atoms with Crippen molar-refractivity contribution in [3.63, 3.8) is 0 Å². The van der Waals surface area contributed by atoms with Crippen LogP contribution in [0.15, 0.2) is 12.1 Å². The first kappa shape index (κ1) is 10.9. The second kappa shape index (κ2) is 4.37. The topological polar surface area (TPSA) is 21.3 Å². The van der Waals surface area contributed by atoms with Crippen LogP contribution in [0.25, 0.3) is 0 Å². The number of methoxy groups -OCH3 is 1. The molecule has 0 aromatic heterocycles. The summed E-state index contributed by atoms with van der Waals surface area (Å²) in [5.41, 5.74) is 0.656. The number of nitrogens with one attached hydrogen (secondary N) is 1. The van der Waals surface area contributed by atoms with Gasteiger partial charge in [-0.05, 0) is 31.7 Å². The number of benzene rings is 1. The minimum absolute atomic E-state index is 0.0426. The lowest BCUT2D eigenvalue weighted by Gasteiger charge is -2.12. The molecule has 1 aromatic carbocycles. The third kappa shape index (κ3) is 2.01. The normalized spacial score (nSPS) is 12.6. The molecular weight excluding hydrogens is 188 g/mol. The second-order valence-corrected chi connectivity index (χ2v) is 3.03. The zero-order valence-corrected chi connectivity index (χ0v) is 8.40. The van der Waals surface area contributed by atoms with E-state index in [9.17, 15) is 8.78 Å². The van der Waals surface area contributed by atoms with Crippen molar-refractivity contribution in [3.8, 4) is 5.75 Å². The van der Waals surface area contributed by atoms with E-state index in [-0.39, 0.29) is 11.8 Å². The van der Waals surface area contributed by atoms with E-state index >= 15 is 0 Å². The molecule has 0 aliphatic heterocycles. The first-order valence-electron chi connectivity index (χ1n) is 4.30. The highest BCUT2D eigenvalue weighted by Gasteiger charge is 2.13. The van der Waals surface area contributed by atoms with Crippen LogP contribution < -0.4 is 10.1 Å². The summed E-state index contributed by atoms with van der Waals surface area (Å²) in [5.74, 6) is -1.90. The average Bonchev–Trinajstić information content (AvgIpc) is 2.20. The SMILES string of the molecule is CN[C@@H](C)c1cc(F)c(F)c(OC)c1. The van der Waals surface area contributed by atoms with Crippen molar-refractivity contribution in [3.05, 3.63) is 29.3 Å². The maximum absolute atomic E-state index is 13.0. The van der Waals surface area contributed by atoms with E-state index in [1.807, 2.05) is 6.92 Å². The molecule has 14 heavy (non-hydrogen) atoms. The fraction of sp³-hybridized carbons (Fsp3) is 0.400. The molecule has 1 rings (SSSR count). The van der Waals surface area contributed by atoms with Crippen LogP contribution in [0.1, 0.15) is 18.5 Å². The zero-order valence-electron chi connectivity index (χ0n) is 8.40. The lowest BCUT2D eigenvalue weighted by atomic mass is 10.1. The Balaban J connectivity index is 3.16. The van der Waals surface area contributed by atoms with Crippen molar-refractivity contribution >= 4 is 0 Å². The molecule has 78 valence electrons. The molecule has 1 N–H and O–H groups in total. The van der Waals surface area contributed by atoms with Gasteiger partial charge in [-0.3, -0.25) is 0 Å². The quantitative estimate of drug-likeness (QED) is 0.809. The summed E-state index contributed by atoms with van der Waals surface area (Å²) < 4.78 is 30.8. The van der Waals surface area contributed by atoms with Crippen LogP contribution in [0.2, 0.25) is 0 Å². The van der Waals surface area contributed by atoms with E-state index < -0.39 is 11.6 Å². The van der Waals surface area contributed by atoms with Crippen LogP contribution in [-0.4, -0.2) is 14.2 Å². The number of ether oxygens (including phenoxy) is 1. The van der Waals surface area contributed by atoms with E-state index in [0.717, 1.165) is 0 Å². The molecule has 0 fully saturated rings. The van der Waals surface area contributed by atoms with Gasteiger partial charge >= 0.3 is 0 Å². The standard InChI is InChI=1S/C10H13F2NO/c1-6(13-2)7-4-8(11)10(12)9(5-7)14-3/h4-6,13H,1-3H3/t6-/m0/s1. The van der Waals surface area contributed by atoms with E-state index in [2.05, 4.69) is 5.32 Å². The molecule has 0 amide bonds. The largest absolute Gasteiger partial charge is 0.494 e. The van der Waals surface area contributed by atoms with Gasteiger partial charge in [0.25, 0.3) is 0 Å². The summed E-state index contributed by atoms with van der Waals surface area (Å²) in [4.78, 5) is 0. The Morgan fingerprint density at radius 1 is 1.36 bits per heavy atom. The lowest BCUT2D eigenvalue weighted by molar-refractivity contribution is 0.370. The lowest BCUT2D eigenvalue weighted by Crippen LogP contribution is -2.13. The Bertz CT molecular complexity index is 328. The fourth-order valence-corrected chi connectivity index (χ4v) is 1.15. The molecular formula is C10H13F2NO. The molecule has 0 saturated heterocycles. The highest BCUT2D eigenvalue weighted by atomic mass is 19.2. The number of halogens is 2. The minimum Gasteiger partial charge on any atom is -0.494 e. The molecule has 0 heterocycles. The number of hydrogen-bond acceptors (Lipinski definition) is 2. The van der Waals surface area contributed by atoms with Crippen LogP contribution in [0.4, 0.5) is 8.78 Å². The van der Waals surface area contributed by atoms with Gasteiger partial charge in [0.2, 0.25) is 5.82 Å². The Hall–Kier alpha value is -1.16. The van der Waals surface area contributed by atoms with Crippen molar-refractivity contribution < 1.29 is 13.5 Å². The van der Waals surface area contributed by atoms with Crippen molar-refractivity contribution in [2.45, 2.75) is 13.0 Å². The average molecular weight is 201 g/mol. The highest BCUT2D eigenvalue weighted by molar-refractivity contribution is 5.33. The molecule has 0 aliphatic carbocycles. The molecule has 0 saturated carbocycles. The molecule has 0 radical (unpaired) electrons. The molecule has 0 unspecified atom stereocenters. The summed E-state index contributed by atoms with van der Waals surface area (Å²) in [7, 11) is 3.06. The Morgan fingerprint density at radius 3 is 2.50 bits per heavy atom. The predicted octanol–water partition coefficient (Wildman–Crippen LogP) is 2.25. The van der Waals surface area contributed by atoms with Crippen molar-refractivity contribution in [1.82, 2.24) is 5.32 Å². The van der Waals surface area contributed by atoms with Gasteiger partial charge in [0.05, 0.1) is 7.11 Å². The van der Waals surface area contributed by atoms with Crippen LogP contribution in [0.3, 0.4) is 0 Å². The van der Waals surface area contributed by atoms with Gasteiger partial charge in [0.15, 0.2) is 11.6 Å². The Morgan fingerprint density at radius 2 is 2.00 bits per heavy atom. The van der Waals surface area contributed by atoms with Crippen LogP contribution in [0, 0.1) is 11.6 Å². The van der Waals surface area contributed by atoms with Gasteiger partial charge in [-0.25, -0.2) is 4.39 Å². The van der Waals surface area contributed by atoms with Crippen LogP contribution in [-0.2, 0) is 0 Å². The Labute approximate surface area is 81.9 Å². The number of hydrogen-bond donors (Lipinski definition) is 1. The fourth-order valence-electron chi connectivity index (χ4n) is 1.15. The highest BCUT2D eigenvalue weighted by Crippen LogP contribution is 2.24. The van der Waals surface area contributed by atoms with Gasteiger partial charge in [-0.1, -0.05) is 0 Å². The zero-order chi connectivity index (χ0) is 10.7. The predicted molar refractivity (Wildman–Crippen MR) is 50.4 cm³/mol. The first-order valence-corrected chi connectivity index (χ1v) is 4.30. The molecule has 4 heteroatoms. The van der Waals surface area contributed by atoms with Gasteiger partial charge < -0.3 is 10.1 Å². The van der Waals surface area contributed by atoms with Gasteiger partial charge in [0.1, 0.15) is 0 Å². The maximum atomic E-state index is 13.0. The smallest absolute Gasteiger partial charge is 0.200 e. The molecule has 0 aliphatic rings. The molecule has 2 nitrogen and oxygen atoms in total. The van der Waals surface area contributed by atoms with Crippen molar-refractivity contribution in [2.75, 3.05) is 14.2 Å². The minimum atomic E-state index is -0.945. The number of rotatable bonds is 3. The summed E-state index contributed by atoms with van der Waals surface area (Å²) in [6.07, 6.45) is 0. The summed E-state index contributed by atoms with van der Waals surface area (Å²) in [6, 6.07) is 2.61. The van der Waals surface area contributed by atoms with Crippen LogP contribution in [0.5, 0.6) is 5.75 Å². The van der Waals surface area contributed by atoms with Crippen molar-refractivity contribution in [1.29, 1.82) is 0 Å². The third-order valence-electron chi connectivity index (χ3n) is 2.17. The monoisotopic (exact) mass is 201 g/mol. The Kier molecular flexibility index (Phi) is 3.41. The maximum Gasteiger partial charge on any atom is 0.200 e. The molecule has 1 aromatic rings. The summed E-state index contributed by atoms with van der Waals surface area (Å²) in [6.45, 7) is 1.85. The van der Waals surface area contributed by atoms with E-state index in [4.69, 9.17) is 4.74 Å². The summed E-state index contributed by atoms with van der Waals surface area (Å²) >= 11 is 0. The van der Waals surface area contributed by atoms with E-state index in [1.54, 1.807) is 7.05 Å². The van der Waals surface area contributed by atoms with E-state index in [1.165, 1.54) is 19.2 Å². The van der Waals surface area contributed by atoms with Crippen LogP contribution >= 0.6 is 0 Å². The van der Waals surface area contributed by atoms with Crippen molar-refractivity contribution in [2.24, 2.45) is 0 Å². The first-order chi connectivity index (χ1) is 6.60. The molecule has 0 spiro atoms. The van der Waals surface area contributed by atoms with E-state index in [0.29, 0.717) is 5.56 Å².